The molecule has 2 aromatic rings. The van der Waals surface area contributed by atoms with Crippen LogP contribution in [0.15, 0.2) is 35.2 Å². The van der Waals surface area contributed by atoms with Crippen LogP contribution in [0.5, 0.6) is 11.5 Å². The van der Waals surface area contributed by atoms with Crippen LogP contribution in [0.1, 0.15) is 11.1 Å². The number of fused-ring (bicyclic) bond motifs is 1. The summed E-state index contributed by atoms with van der Waals surface area (Å²) in [5, 5.41) is 3.45. The highest BCUT2D eigenvalue weighted by Gasteiger charge is 2.13. The number of carbonyl (C=O) groups excluding carboxylic acids is 1. The monoisotopic (exact) mass is 363 g/mol. The van der Waals surface area contributed by atoms with Gasteiger partial charge in [-0.2, -0.15) is 0 Å². The average Bonchev–Trinajstić information content (AvgIpc) is 2.56. The van der Waals surface area contributed by atoms with Gasteiger partial charge in [-0.3, -0.25) is 4.79 Å². The van der Waals surface area contributed by atoms with Crippen molar-refractivity contribution in [3.63, 3.8) is 0 Å². The molecule has 0 aromatic heterocycles. The van der Waals surface area contributed by atoms with Crippen LogP contribution in [0.3, 0.4) is 0 Å². The normalized spacial score (nSPS) is 12.8. The first-order valence-electron chi connectivity index (χ1n) is 7.62. The number of ether oxygens (including phenoxy) is 2. The van der Waals surface area contributed by atoms with Crippen LogP contribution in [0, 0.1) is 13.8 Å². The Kier molecular flexibility index (Phi) is 5.21. The maximum absolute atomic E-state index is 12.2. The van der Waals surface area contributed by atoms with E-state index in [0.29, 0.717) is 29.7 Å². The standard InChI is InChI=1S/C18H18ClNO3S/c1-11-7-12(2)18(14(19)8-11)20-17(21)10-24-13-3-4-15-16(9-13)23-6-5-22-15/h3-4,7-9H,5-6,10H2,1-2H3,(H,20,21). The molecule has 0 unspecified atom stereocenters. The second-order valence-electron chi connectivity index (χ2n) is 5.58. The number of benzene rings is 2. The summed E-state index contributed by atoms with van der Waals surface area (Å²) in [7, 11) is 0. The van der Waals surface area contributed by atoms with Crippen molar-refractivity contribution in [2.75, 3.05) is 24.3 Å². The predicted molar refractivity (Wildman–Crippen MR) is 97.7 cm³/mol. The molecule has 0 spiro atoms. The van der Waals surface area contributed by atoms with E-state index in [9.17, 15) is 4.79 Å². The number of carbonyl (C=O) groups is 1. The smallest absolute Gasteiger partial charge is 0.234 e. The van der Waals surface area contributed by atoms with Gasteiger partial charge < -0.3 is 14.8 Å². The number of thioether (sulfide) groups is 1. The lowest BCUT2D eigenvalue weighted by Crippen LogP contribution is -2.16. The van der Waals surface area contributed by atoms with Gasteiger partial charge in [0, 0.05) is 4.90 Å². The molecule has 1 heterocycles. The van der Waals surface area contributed by atoms with Crippen molar-refractivity contribution < 1.29 is 14.3 Å². The Balaban J connectivity index is 1.62. The summed E-state index contributed by atoms with van der Waals surface area (Å²) >= 11 is 7.67. The van der Waals surface area contributed by atoms with Crippen molar-refractivity contribution in [3.05, 3.63) is 46.5 Å². The Bertz CT molecular complexity index is 756. The number of halogens is 1. The topological polar surface area (TPSA) is 47.6 Å². The first kappa shape index (κ1) is 17.0. The van der Waals surface area contributed by atoms with Crippen molar-refractivity contribution in [2.24, 2.45) is 0 Å². The molecule has 1 amide bonds. The molecular formula is C18H18ClNO3S. The van der Waals surface area contributed by atoms with Crippen molar-refractivity contribution >= 4 is 35.0 Å². The summed E-state index contributed by atoms with van der Waals surface area (Å²) in [6.45, 7) is 5.02. The third kappa shape index (κ3) is 3.97. The van der Waals surface area contributed by atoms with Crippen LogP contribution in [-0.4, -0.2) is 24.9 Å². The largest absolute Gasteiger partial charge is 0.486 e. The molecule has 0 saturated heterocycles. The lowest BCUT2D eigenvalue weighted by Gasteiger charge is -2.18. The Morgan fingerprint density at radius 3 is 2.67 bits per heavy atom. The van der Waals surface area contributed by atoms with Gasteiger partial charge in [0.05, 0.1) is 16.5 Å². The highest BCUT2D eigenvalue weighted by Crippen LogP contribution is 2.34. The Hall–Kier alpha value is -1.85. The number of hydrogen-bond donors (Lipinski definition) is 1. The molecule has 4 nitrogen and oxygen atoms in total. The molecular weight excluding hydrogens is 346 g/mol. The van der Waals surface area contributed by atoms with Crippen LogP contribution in [-0.2, 0) is 4.79 Å². The Morgan fingerprint density at radius 1 is 1.17 bits per heavy atom. The maximum Gasteiger partial charge on any atom is 0.234 e. The highest BCUT2D eigenvalue weighted by atomic mass is 35.5. The van der Waals surface area contributed by atoms with Gasteiger partial charge in [0.2, 0.25) is 5.91 Å². The zero-order chi connectivity index (χ0) is 17.1. The van der Waals surface area contributed by atoms with Gasteiger partial charge in [0.25, 0.3) is 0 Å². The summed E-state index contributed by atoms with van der Waals surface area (Å²) in [4.78, 5) is 13.2. The number of anilines is 1. The van der Waals surface area contributed by atoms with E-state index in [0.717, 1.165) is 27.5 Å². The van der Waals surface area contributed by atoms with E-state index >= 15 is 0 Å². The van der Waals surface area contributed by atoms with Gasteiger partial charge in [-0.15, -0.1) is 11.8 Å². The minimum absolute atomic E-state index is 0.0938. The molecule has 0 bridgehead atoms. The minimum Gasteiger partial charge on any atom is -0.486 e. The quantitative estimate of drug-likeness (QED) is 0.815. The minimum atomic E-state index is -0.0938. The van der Waals surface area contributed by atoms with Crippen molar-refractivity contribution in [1.82, 2.24) is 0 Å². The van der Waals surface area contributed by atoms with E-state index in [1.165, 1.54) is 11.8 Å². The van der Waals surface area contributed by atoms with Crippen molar-refractivity contribution in [1.29, 1.82) is 0 Å². The zero-order valence-electron chi connectivity index (χ0n) is 13.5. The van der Waals surface area contributed by atoms with Crippen LogP contribution in [0.25, 0.3) is 0 Å². The first-order valence-corrected chi connectivity index (χ1v) is 8.98. The zero-order valence-corrected chi connectivity index (χ0v) is 15.1. The van der Waals surface area contributed by atoms with E-state index in [1.54, 1.807) is 0 Å². The SMILES string of the molecule is Cc1cc(C)c(NC(=O)CSc2ccc3c(c2)OCCO3)c(Cl)c1. The number of amides is 1. The molecule has 3 rings (SSSR count). The third-order valence-electron chi connectivity index (χ3n) is 3.58. The van der Waals surface area contributed by atoms with Gasteiger partial charge >= 0.3 is 0 Å². The molecule has 126 valence electrons. The van der Waals surface area contributed by atoms with Crippen molar-refractivity contribution in [3.8, 4) is 11.5 Å². The summed E-state index contributed by atoms with van der Waals surface area (Å²) in [6, 6.07) is 9.54. The lowest BCUT2D eigenvalue weighted by molar-refractivity contribution is -0.113. The van der Waals surface area contributed by atoms with Gasteiger partial charge in [-0.05, 0) is 49.2 Å². The van der Waals surface area contributed by atoms with Crippen LogP contribution in [0.4, 0.5) is 5.69 Å². The number of aryl methyl sites for hydroxylation is 2. The molecule has 1 N–H and O–H groups in total. The molecule has 6 heteroatoms. The number of rotatable bonds is 4. The van der Waals surface area contributed by atoms with E-state index in [1.807, 2.05) is 44.2 Å². The Labute approximate surface area is 150 Å². The summed E-state index contributed by atoms with van der Waals surface area (Å²) < 4.78 is 11.0. The van der Waals surface area contributed by atoms with E-state index < -0.39 is 0 Å². The molecule has 1 aliphatic heterocycles. The third-order valence-corrected chi connectivity index (χ3v) is 4.87. The summed E-state index contributed by atoms with van der Waals surface area (Å²) in [6.07, 6.45) is 0. The maximum atomic E-state index is 12.2. The fourth-order valence-electron chi connectivity index (χ4n) is 2.51. The summed E-state index contributed by atoms with van der Waals surface area (Å²) in [5.74, 6) is 1.67. The van der Waals surface area contributed by atoms with Crippen molar-refractivity contribution in [2.45, 2.75) is 18.7 Å². The molecule has 2 aromatic carbocycles. The molecule has 0 atom stereocenters. The lowest BCUT2D eigenvalue weighted by atomic mass is 10.1. The van der Waals surface area contributed by atoms with Gasteiger partial charge in [0.15, 0.2) is 11.5 Å². The van der Waals surface area contributed by atoms with Gasteiger partial charge in [0.1, 0.15) is 13.2 Å². The van der Waals surface area contributed by atoms with E-state index in [-0.39, 0.29) is 5.91 Å². The van der Waals surface area contributed by atoms with Crippen LogP contribution in [0.2, 0.25) is 5.02 Å². The highest BCUT2D eigenvalue weighted by molar-refractivity contribution is 8.00. The van der Waals surface area contributed by atoms with Crippen LogP contribution < -0.4 is 14.8 Å². The van der Waals surface area contributed by atoms with E-state index in [2.05, 4.69) is 5.32 Å². The molecule has 1 aliphatic rings. The fourth-order valence-corrected chi connectivity index (χ4v) is 3.60. The van der Waals surface area contributed by atoms with Gasteiger partial charge in [-0.1, -0.05) is 17.7 Å². The number of nitrogens with one attached hydrogen (secondary N) is 1. The van der Waals surface area contributed by atoms with Gasteiger partial charge in [-0.25, -0.2) is 0 Å². The molecule has 0 saturated carbocycles. The number of hydrogen-bond acceptors (Lipinski definition) is 4. The van der Waals surface area contributed by atoms with Crippen LogP contribution >= 0.6 is 23.4 Å². The molecule has 0 aliphatic carbocycles. The second-order valence-corrected chi connectivity index (χ2v) is 7.04. The Morgan fingerprint density at radius 2 is 1.92 bits per heavy atom. The predicted octanol–water partition coefficient (Wildman–Crippen LogP) is 4.46. The molecule has 0 radical (unpaired) electrons. The summed E-state index contributed by atoms with van der Waals surface area (Å²) in [5.41, 5.74) is 2.70. The fraction of sp³-hybridized carbons (Fsp3) is 0.278. The molecule has 24 heavy (non-hydrogen) atoms. The first-order chi connectivity index (χ1) is 11.5. The second kappa shape index (κ2) is 7.36. The average molecular weight is 364 g/mol. The molecule has 0 fully saturated rings. The van der Waals surface area contributed by atoms with E-state index in [4.69, 9.17) is 21.1 Å².